The molecule has 0 saturated carbocycles. The highest BCUT2D eigenvalue weighted by Crippen LogP contribution is 2.18. The standard InChI is InChI=1S/C11H14N4O3/c1-6(16)12-5-10(17)11(18)8-2-7-3-14-15-9(7)4-13-8/h2-4,10-11,17-18H,5H2,1H3,(H,12,16)(H,14,15). The van der Waals surface area contributed by atoms with E-state index >= 15 is 0 Å². The van der Waals surface area contributed by atoms with Crippen molar-refractivity contribution in [1.82, 2.24) is 20.5 Å². The maximum Gasteiger partial charge on any atom is 0.216 e. The number of hydrogen-bond acceptors (Lipinski definition) is 5. The van der Waals surface area contributed by atoms with Crippen LogP contribution in [0.2, 0.25) is 0 Å². The maximum absolute atomic E-state index is 10.7. The van der Waals surface area contributed by atoms with Crippen LogP contribution in [0, 0.1) is 0 Å². The lowest BCUT2D eigenvalue weighted by molar-refractivity contribution is -0.119. The summed E-state index contributed by atoms with van der Waals surface area (Å²) < 4.78 is 0. The van der Waals surface area contributed by atoms with Crippen LogP contribution in [-0.2, 0) is 4.79 Å². The van der Waals surface area contributed by atoms with Crippen molar-refractivity contribution in [2.75, 3.05) is 6.54 Å². The zero-order valence-electron chi connectivity index (χ0n) is 9.79. The van der Waals surface area contributed by atoms with Gasteiger partial charge in [0.05, 0.1) is 23.6 Å². The van der Waals surface area contributed by atoms with Crippen LogP contribution in [0.5, 0.6) is 0 Å². The normalized spacial score (nSPS) is 14.4. The minimum Gasteiger partial charge on any atom is -0.388 e. The molecule has 0 aliphatic heterocycles. The van der Waals surface area contributed by atoms with Gasteiger partial charge in [-0.15, -0.1) is 0 Å². The van der Waals surface area contributed by atoms with Crippen LogP contribution in [-0.4, -0.2) is 44.0 Å². The molecule has 4 N–H and O–H groups in total. The summed E-state index contributed by atoms with van der Waals surface area (Å²) in [5.74, 6) is -0.264. The molecule has 96 valence electrons. The van der Waals surface area contributed by atoms with E-state index < -0.39 is 12.2 Å². The number of aromatic amines is 1. The molecule has 7 heteroatoms. The monoisotopic (exact) mass is 250 g/mol. The second-order valence-electron chi connectivity index (χ2n) is 4.02. The van der Waals surface area contributed by atoms with Gasteiger partial charge >= 0.3 is 0 Å². The Balaban J connectivity index is 2.11. The summed E-state index contributed by atoms with van der Waals surface area (Å²) in [6, 6.07) is 1.64. The summed E-state index contributed by atoms with van der Waals surface area (Å²) in [5.41, 5.74) is 1.09. The molecule has 0 bridgehead atoms. The highest BCUT2D eigenvalue weighted by molar-refractivity contribution is 5.77. The fourth-order valence-corrected chi connectivity index (χ4v) is 1.58. The summed E-state index contributed by atoms with van der Waals surface area (Å²) >= 11 is 0. The van der Waals surface area contributed by atoms with Crippen molar-refractivity contribution in [2.24, 2.45) is 0 Å². The number of aliphatic hydroxyl groups is 2. The van der Waals surface area contributed by atoms with Crippen LogP contribution in [0.25, 0.3) is 10.9 Å². The molecule has 18 heavy (non-hydrogen) atoms. The van der Waals surface area contributed by atoms with E-state index in [1.54, 1.807) is 12.3 Å². The van der Waals surface area contributed by atoms with Gasteiger partial charge in [-0.3, -0.25) is 14.9 Å². The van der Waals surface area contributed by atoms with Crippen molar-refractivity contribution in [3.05, 3.63) is 24.2 Å². The fraction of sp³-hybridized carbons (Fsp3) is 0.364. The number of nitrogens with one attached hydrogen (secondary N) is 2. The molecular formula is C11H14N4O3. The number of hydrogen-bond donors (Lipinski definition) is 4. The SMILES string of the molecule is CC(=O)NCC(O)C(O)c1cc2cn[nH]c2cn1. The molecule has 2 aromatic rings. The molecule has 1 amide bonds. The van der Waals surface area contributed by atoms with Gasteiger partial charge in [-0.25, -0.2) is 0 Å². The van der Waals surface area contributed by atoms with Crippen molar-refractivity contribution in [1.29, 1.82) is 0 Å². The lowest BCUT2D eigenvalue weighted by atomic mass is 10.1. The molecule has 2 atom stereocenters. The van der Waals surface area contributed by atoms with E-state index in [0.717, 1.165) is 10.9 Å². The third-order valence-corrected chi connectivity index (χ3v) is 2.57. The van der Waals surface area contributed by atoms with E-state index in [2.05, 4.69) is 20.5 Å². The minimum absolute atomic E-state index is 0.0262. The molecule has 7 nitrogen and oxygen atoms in total. The Hall–Kier alpha value is -1.99. The molecule has 2 heterocycles. The van der Waals surface area contributed by atoms with Crippen molar-refractivity contribution in [3.63, 3.8) is 0 Å². The lowest BCUT2D eigenvalue weighted by Gasteiger charge is -2.17. The first-order valence-electron chi connectivity index (χ1n) is 5.47. The van der Waals surface area contributed by atoms with Crippen LogP contribution in [0.1, 0.15) is 18.7 Å². The minimum atomic E-state index is -1.16. The number of amides is 1. The number of aliphatic hydroxyl groups excluding tert-OH is 2. The van der Waals surface area contributed by atoms with Gasteiger partial charge in [0.25, 0.3) is 0 Å². The topological polar surface area (TPSA) is 111 Å². The average molecular weight is 250 g/mol. The van der Waals surface area contributed by atoms with Gasteiger partial charge in [-0.2, -0.15) is 5.10 Å². The Morgan fingerprint density at radius 1 is 1.50 bits per heavy atom. The highest BCUT2D eigenvalue weighted by Gasteiger charge is 2.20. The second kappa shape index (κ2) is 5.11. The molecule has 0 aromatic carbocycles. The molecule has 2 aromatic heterocycles. The third kappa shape index (κ3) is 2.63. The van der Waals surface area contributed by atoms with Crippen LogP contribution < -0.4 is 5.32 Å². The molecule has 0 fully saturated rings. The van der Waals surface area contributed by atoms with Gasteiger partial charge < -0.3 is 15.5 Å². The smallest absolute Gasteiger partial charge is 0.216 e. The third-order valence-electron chi connectivity index (χ3n) is 2.57. The van der Waals surface area contributed by atoms with Crippen molar-refractivity contribution < 1.29 is 15.0 Å². The number of H-pyrrole nitrogens is 1. The van der Waals surface area contributed by atoms with Crippen LogP contribution in [0.4, 0.5) is 0 Å². The molecule has 0 radical (unpaired) electrons. The van der Waals surface area contributed by atoms with E-state index in [0.29, 0.717) is 5.69 Å². The van der Waals surface area contributed by atoms with E-state index in [1.807, 2.05) is 0 Å². The van der Waals surface area contributed by atoms with Gasteiger partial charge in [-0.1, -0.05) is 0 Å². The zero-order chi connectivity index (χ0) is 13.1. The van der Waals surface area contributed by atoms with Gasteiger partial charge in [0.15, 0.2) is 0 Å². The Kier molecular flexibility index (Phi) is 3.54. The maximum atomic E-state index is 10.7. The molecule has 0 spiro atoms. The Morgan fingerprint density at radius 2 is 2.28 bits per heavy atom. The highest BCUT2D eigenvalue weighted by atomic mass is 16.3. The first kappa shape index (κ1) is 12.5. The molecule has 2 unspecified atom stereocenters. The number of fused-ring (bicyclic) bond motifs is 1. The van der Waals surface area contributed by atoms with Gasteiger partial charge in [0.2, 0.25) is 5.91 Å². The number of carbonyl (C=O) groups excluding carboxylic acids is 1. The predicted molar refractivity (Wildman–Crippen MR) is 63.5 cm³/mol. The number of carbonyl (C=O) groups is 1. The van der Waals surface area contributed by atoms with Gasteiger partial charge in [0.1, 0.15) is 12.2 Å². The molecule has 2 rings (SSSR count). The van der Waals surface area contributed by atoms with Crippen LogP contribution in [0.15, 0.2) is 18.5 Å². The van der Waals surface area contributed by atoms with E-state index in [-0.39, 0.29) is 12.5 Å². The molecule has 0 saturated heterocycles. The first-order chi connectivity index (χ1) is 8.58. The number of nitrogens with zero attached hydrogens (tertiary/aromatic N) is 2. The average Bonchev–Trinajstić information content (AvgIpc) is 2.81. The summed E-state index contributed by atoms with van der Waals surface area (Å²) in [7, 11) is 0. The summed E-state index contributed by atoms with van der Waals surface area (Å²) in [4.78, 5) is 14.7. The first-order valence-corrected chi connectivity index (χ1v) is 5.47. The largest absolute Gasteiger partial charge is 0.388 e. The number of aromatic nitrogens is 3. The summed E-state index contributed by atoms with van der Waals surface area (Å²) in [6.07, 6.45) is 0.876. The molecular weight excluding hydrogens is 236 g/mol. The Bertz CT molecular complexity index is 554. The van der Waals surface area contributed by atoms with E-state index in [9.17, 15) is 15.0 Å². The van der Waals surface area contributed by atoms with Crippen LogP contribution >= 0.6 is 0 Å². The molecule has 0 aliphatic rings. The second-order valence-corrected chi connectivity index (χ2v) is 4.02. The van der Waals surface area contributed by atoms with E-state index in [4.69, 9.17) is 0 Å². The predicted octanol–water partition coefficient (Wildman–Crippen LogP) is -0.512. The van der Waals surface area contributed by atoms with E-state index in [1.165, 1.54) is 13.1 Å². The zero-order valence-corrected chi connectivity index (χ0v) is 9.79. The Labute approximate surface area is 103 Å². The van der Waals surface area contributed by atoms with Gasteiger partial charge in [0, 0.05) is 18.9 Å². The summed E-state index contributed by atoms with van der Waals surface area (Å²) in [5, 5.41) is 29.4. The quantitative estimate of drug-likeness (QED) is 0.584. The number of rotatable bonds is 4. The van der Waals surface area contributed by atoms with Gasteiger partial charge in [-0.05, 0) is 6.07 Å². The van der Waals surface area contributed by atoms with Crippen molar-refractivity contribution in [3.8, 4) is 0 Å². The summed E-state index contributed by atoms with van der Waals surface area (Å²) in [6.45, 7) is 1.32. The lowest BCUT2D eigenvalue weighted by Crippen LogP contribution is -2.34. The molecule has 0 aliphatic carbocycles. The fourth-order valence-electron chi connectivity index (χ4n) is 1.58. The van der Waals surface area contributed by atoms with Crippen LogP contribution in [0.3, 0.4) is 0 Å². The van der Waals surface area contributed by atoms with Crippen molar-refractivity contribution >= 4 is 16.8 Å². The Morgan fingerprint density at radius 3 is 3.00 bits per heavy atom. The number of pyridine rings is 1. The van der Waals surface area contributed by atoms with Crippen molar-refractivity contribution in [2.45, 2.75) is 19.1 Å².